The second-order valence-electron chi connectivity index (χ2n) is 5.71. The lowest BCUT2D eigenvalue weighted by Gasteiger charge is -2.30. The molecule has 4 rings (SSSR count). The Balaban J connectivity index is 1.52. The summed E-state index contributed by atoms with van der Waals surface area (Å²) in [7, 11) is 0. The number of halogens is 1. The first-order valence-corrected chi connectivity index (χ1v) is 7.19. The molecule has 5 heteroatoms. The Morgan fingerprint density at radius 3 is 2.85 bits per heavy atom. The highest BCUT2D eigenvalue weighted by Gasteiger charge is 2.30. The topological polar surface area (TPSA) is 41.8 Å². The second-order valence-corrected chi connectivity index (χ2v) is 5.71. The lowest BCUT2D eigenvalue weighted by molar-refractivity contribution is 0.191. The van der Waals surface area contributed by atoms with E-state index in [0.29, 0.717) is 23.0 Å². The van der Waals surface area contributed by atoms with Crippen LogP contribution in [0.2, 0.25) is 0 Å². The van der Waals surface area contributed by atoms with E-state index in [1.54, 1.807) is 12.1 Å². The van der Waals surface area contributed by atoms with Crippen LogP contribution < -0.4 is 0 Å². The Kier molecular flexibility index (Phi) is 2.97. The Morgan fingerprint density at radius 1 is 1.30 bits per heavy atom. The van der Waals surface area contributed by atoms with Gasteiger partial charge in [0, 0.05) is 12.5 Å². The van der Waals surface area contributed by atoms with Gasteiger partial charge in [0.15, 0.2) is 5.58 Å². The van der Waals surface area contributed by atoms with Gasteiger partial charge in [-0.1, -0.05) is 11.2 Å². The van der Waals surface area contributed by atoms with Crippen LogP contribution in [0.3, 0.4) is 0 Å². The van der Waals surface area contributed by atoms with E-state index in [1.807, 2.05) is 0 Å². The number of fused-ring (bicyclic) bond motifs is 1. The molecule has 1 unspecified atom stereocenters. The van der Waals surface area contributed by atoms with Crippen LogP contribution in [0.5, 0.6) is 0 Å². The summed E-state index contributed by atoms with van der Waals surface area (Å²) in [5.41, 5.74) is 1.34. The third kappa shape index (κ3) is 2.21. The summed E-state index contributed by atoms with van der Waals surface area (Å²) < 4.78 is 24.5. The molecule has 2 fully saturated rings. The van der Waals surface area contributed by atoms with Crippen molar-refractivity contribution in [2.45, 2.75) is 24.9 Å². The van der Waals surface area contributed by atoms with Crippen molar-refractivity contribution in [2.75, 3.05) is 26.2 Å². The Bertz CT molecular complexity index is 615. The molecule has 3 heterocycles. The molecule has 2 aliphatic rings. The van der Waals surface area contributed by atoms with E-state index < -0.39 is 0 Å². The molecular weight excluding hydrogens is 259 g/mol. The zero-order chi connectivity index (χ0) is 13.5. The number of rotatable bonds is 3. The fraction of sp³-hybridized carbons (Fsp3) is 0.533. The van der Waals surface area contributed by atoms with Crippen molar-refractivity contribution >= 4 is 11.0 Å². The maximum Gasteiger partial charge on any atom is 0.170 e. The van der Waals surface area contributed by atoms with Gasteiger partial charge in [0.1, 0.15) is 5.82 Å². The number of benzene rings is 1. The van der Waals surface area contributed by atoms with E-state index in [0.717, 1.165) is 44.8 Å². The predicted octanol–water partition coefficient (Wildman–Crippen LogP) is 2.55. The standard InChI is InChI=1S/C15H17FN2O2/c16-12-2-1-3-13-14(12)15(17-20-13)10-4-6-18(7-5-10)8-11-9-19-11/h1-3,10-11H,4-9H2. The van der Waals surface area contributed by atoms with Crippen molar-refractivity contribution in [1.82, 2.24) is 10.1 Å². The van der Waals surface area contributed by atoms with E-state index in [9.17, 15) is 4.39 Å². The van der Waals surface area contributed by atoms with E-state index >= 15 is 0 Å². The van der Waals surface area contributed by atoms with Gasteiger partial charge in [-0.2, -0.15) is 0 Å². The minimum atomic E-state index is -0.229. The Hall–Kier alpha value is -1.46. The van der Waals surface area contributed by atoms with Crippen molar-refractivity contribution in [3.63, 3.8) is 0 Å². The van der Waals surface area contributed by atoms with Crippen molar-refractivity contribution in [3.8, 4) is 0 Å². The third-order valence-corrected chi connectivity index (χ3v) is 4.31. The lowest BCUT2D eigenvalue weighted by atomic mass is 9.91. The van der Waals surface area contributed by atoms with Crippen LogP contribution in [0.1, 0.15) is 24.5 Å². The normalized spacial score (nSPS) is 24.4. The van der Waals surface area contributed by atoms with Gasteiger partial charge in [-0.25, -0.2) is 4.39 Å². The quantitative estimate of drug-likeness (QED) is 0.808. The van der Waals surface area contributed by atoms with Crippen LogP contribution in [-0.2, 0) is 4.74 Å². The zero-order valence-electron chi connectivity index (χ0n) is 11.2. The first-order valence-electron chi connectivity index (χ1n) is 7.19. The Labute approximate surface area is 116 Å². The highest BCUT2D eigenvalue weighted by molar-refractivity contribution is 5.80. The third-order valence-electron chi connectivity index (χ3n) is 4.31. The van der Waals surface area contributed by atoms with Gasteiger partial charge in [-0.15, -0.1) is 0 Å². The molecule has 1 aromatic heterocycles. The number of ether oxygens (including phenoxy) is 1. The molecule has 1 aromatic carbocycles. The fourth-order valence-corrected chi connectivity index (χ4v) is 3.10. The summed E-state index contributed by atoms with van der Waals surface area (Å²) >= 11 is 0. The van der Waals surface area contributed by atoms with Gasteiger partial charge < -0.3 is 14.2 Å². The molecule has 0 amide bonds. The molecule has 0 saturated carbocycles. The molecule has 1 atom stereocenters. The number of likely N-dealkylation sites (tertiary alicyclic amines) is 1. The maximum atomic E-state index is 14.0. The zero-order valence-corrected chi connectivity index (χ0v) is 11.2. The van der Waals surface area contributed by atoms with E-state index in [-0.39, 0.29) is 5.82 Å². The van der Waals surface area contributed by atoms with Gasteiger partial charge in [0.25, 0.3) is 0 Å². The van der Waals surface area contributed by atoms with Gasteiger partial charge >= 0.3 is 0 Å². The summed E-state index contributed by atoms with van der Waals surface area (Å²) in [6, 6.07) is 4.90. The minimum Gasteiger partial charge on any atom is -0.372 e. The average Bonchev–Trinajstić information content (AvgIpc) is 3.16. The predicted molar refractivity (Wildman–Crippen MR) is 72.1 cm³/mol. The van der Waals surface area contributed by atoms with Crippen LogP contribution in [0, 0.1) is 5.82 Å². The van der Waals surface area contributed by atoms with Crippen LogP contribution >= 0.6 is 0 Å². The molecule has 106 valence electrons. The van der Waals surface area contributed by atoms with Crippen LogP contribution in [0.4, 0.5) is 4.39 Å². The molecular formula is C15H17FN2O2. The molecule has 4 nitrogen and oxygen atoms in total. The fourth-order valence-electron chi connectivity index (χ4n) is 3.10. The first kappa shape index (κ1) is 12.3. The molecule has 2 aliphatic heterocycles. The van der Waals surface area contributed by atoms with Crippen molar-refractivity contribution < 1.29 is 13.7 Å². The van der Waals surface area contributed by atoms with Crippen molar-refractivity contribution in [2.24, 2.45) is 0 Å². The van der Waals surface area contributed by atoms with Gasteiger partial charge in [-0.05, 0) is 38.1 Å². The molecule has 0 N–H and O–H groups in total. The molecule has 2 saturated heterocycles. The number of nitrogens with zero attached hydrogens (tertiary/aromatic N) is 2. The highest BCUT2D eigenvalue weighted by Crippen LogP contribution is 2.34. The van der Waals surface area contributed by atoms with Crippen LogP contribution in [0.25, 0.3) is 11.0 Å². The summed E-state index contributed by atoms with van der Waals surface area (Å²) in [5.74, 6) is 0.0667. The molecule has 0 spiro atoms. The van der Waals surface area contributed by atoms with Gasteiger partial charge in [0.05, 0.1) is 23.8 Å². The molecule has 2 aromatic rings. The number of hydrogen-bond donors (Lipinski definition) is 0. The highest BCUT2D eigenvalue weighted by atomic mass is 19.1. The minimum absolute atomic E-state index is 0.229. The monoisotopic (exact) mass is 276 g/mol. The Morgan fingerprint density at radius 2 is 2.10 bits per heavy atom. The van der Waals surface area contributed by atoms with Crippen molar-refractivity contribution in [1.29, 1.82) is 0 Å². The average molecular weight is 276 g/mol. The van der Waals surface area contributed by atoms with Crippen molar-refractivity contribution in [3.05, 3.63) is 29.7 Å². The molecule has 0 bridgehead atoms. The smallest absolute Gasteiger partial charge is 0.170 e. The summed E-state index contributed by atoms with van der Waals surface area (Å²) in [6.07, 6.45) is 2.45. The van der Waals surface area contributed by atoms with E-state index in [1.165, 1.54) is 6.07 Å². The summed E-state index contributed by atoms with van der Waals surface area (Å²) in [6.45, 7) is 3.97. The van der Waals surface area contributed by atoms with E-state index in [4.69, 9.17) is 9.26 Å². The largest absolute Gasteiger partial charge is 0.372 e. The van der Waals surface area contributed by atoms with Crippen LogP contribution in [0.15, 0.2) is 22.7 Å². The maximum absolute atomic E-state index is 14.0. The number of aromatic nitrogens is 1. The van der Waals surface area contributed by atoms with Gasteiger partial charge in [0.2, 0.25) is 0 Å². The first-order chi connectivity index (χ1) is 9.81. The van der Waals surface area contributed by atoms with Crippen LogP contribution in [-0.4, -0.2) is 42.4 Å². The molecule has 0 radical (unpaired) electrons. The van der Waals surface area contributed by atoms with E-state index in [2.05, 4.69) is 10.1 Å². The summed E-state index contributed by atoms with van der Waals surface area (Å²) in [5, 5.41) is 4.69. The second kappa shape index (κ2) is 4.82. The molecule has 20 heavy (non-hydrogen) atoms. The lowest BCUT2D eigenvalue weighted by Crippen LogP contribution is -2.35. The van der Waals surface area contributed by atoms with Gasteiger partial charge in [-0.3, -0.25) is 0 Å². The number of epoxide rings is 1. The molecule has 0 aliphatic carbocycles. The number of piperidine rings is 1. The summed E-state index contributed by atoms with van der Waals surface area (Å²) in [4.78, 5) is 2.42. The SMILES string of the molecule is Fc1cccc2onc(C3CCN(CC4CO4)CC3)c12. The number of hydrogen-bond acceptors (Lipinski definition) is 4.